The van der Waals surface area contributed by atoms with Crippen molar-refractivity contribution in [1.29, 1.82) is 0 Å². The maximum Gasteiger partial charge on any atom is 0.246 e. The van der Waals surface area contributed by atoms with Gasteiger partial charge in [0.25, 0.3) is 0 Å². The molecule has 124 valence electrons. The normalized spacial score (nSPS) is 10.9. The number of amides is 1. The molecule has 0 unspecified atom stereocenters. The van der Waals surface area contributed by atoms with Crippen molar-refractivity contribution < 1.29 is 4.79 Å². The Morgan fingerprint density at radius 3 is 2.68 bits per heavy atom. The number of fused-ring (bicyclic) bond motifs is 1. The van der Waals surface area contributed by atoms with E-state index in [1.54, 1.807) is 0 Å². The van der Waals surface area contributed by atoms with E-state index in [1.807, 2.05) is 59.3 Å². The van der Waals surface area contributed by atoms with Crippen LogP contribution in [0.5, 0.6) is 0 Å². The molecule has 2 heterocycles. The number of hydrogen-bond donors (Lipinski definition) is 1. The number of anilines is 1. The minimum absolute atomic E-state index is 0.108. The van der Waals surface area contributed by atoms with Gasteiger partial charge in [-0.3, -0.25) is 10.1 Å². The van der Waals surface area contributed by atoms with Crippen molar-refractivity contribution in [1.82, 2.24) is 14.8 Å². The second-order valence-electron chi connectivity index (χ2n) is 5.71. The fourth-order valence-electron chi connectivity index (χ4n) is 2.74. The van der Waals surface area contributed by atoms with Crippen LogP contribution >= 0.6 is 11.3 Å². The highest BCUT2D eigenvalue weighted by atomic mass is 32.1. The number of para-hydroxylation sites is 1. The summed E-state index contributed by atoms with van der Waals surface area (Å²) in [6.07, 6.45) is 2.64. The SMILES string of the molecule is O=C(Cn1ccc2ccccc21)Nc1nnc(Cc2ccccc2)s1. The van der Waals surface area contributed by atoms with Gasteiger partial charge < -0.3 is 4.57 Å². The van der Waals surface area contributed by atoms with E-state index in [4.69, 9.17) is 0 Å². The summed E-state index contributed by atoms with van der Waals surface area (Å²) in [4.78, 5) is 12.3. The van der Waals surface area contributed by atoms with Gasteiger partial charge in [0.15, 0.2) is 0 Å². The van der Waals surface area contributed by atoms with Gasteiger partial charge in [-0.25, -0.2) is 0 Å². The molecule has 5 nitrogen and oxygen atoms in total. The molecule has 1 amide bonds. The van der Waals surface area contributed by atoms with Crippen LogP contribution in [-0.4, -0.2) is 20.7 Å². The van der Waals surface area contributed by atoms with E-state index in [2.05, 4.69) is 27.6 Å². The van der Waals surface area contributed by atoms with E-state index in [0.29, 0.717) is 5.13 Å². The van der Waals surface area contributed by atoms with Gasteiger partial charge in [-0.2, -0.15) is 0 Å². The first-order valence-corrected chi connectivity index (χ1v) is 8.79. The van der Waals surface area contributed by atoms with E-state index >= 15 is 0 Å². The zero-order valence-corrected chi connectivity index (χ0v) is 14.2. The van der Waals surface area contributed by atoms with Crippen LogP contribution in [0.25, 0.3) is 10.9 Å². The minimum atomic E-state index is -0.108. The summed E-state index contributed by atoms with van der Waals surface area (Å²) < 4.78 is 1.93. The molecule has 0 aliphatic heterocycles. The van der Waals surface area contributed by atoms with Crippen LogP contribution < -0.4 is 5.32 Å². The predicted molar refractivity (Wildman–Crippen MR) is 99.7 cm³/mol. The highest BCUT2D eigenvalue weighted by molar-refractivity contribution is 7.15. The highest BCUT2D eigenvalue weighted by Gasteiger charge is 2.10. The van der Waals surface area contributed by atoms with Crippen LogP contribution in [0, 0.1) is 0 Å². The van der Waals surface area contributed by atoms with Gasteiger partial charge in [0, 0.05) is 18.1 Å². The maximum absolute atomic E-state index is 12.3. The Hall–Kier alpha value is -2.99. The summed E-state index contributed by atoms with van der Waals surface area (Å²) in [5.74, 6) is -0.108. The molecule has 2 aromatic heterocycles. The molecule has 1 N–H and O–H groups in total. The fourth-order valence-corrected chi connectivity index (χ4v) is 3.53. The van der Waals surface area contributed by atoms with E-state index in [0.717, 1.165) is 22.3 Å². The molecule has 25 heavy (non-hydrogen) atoms. The quantitative estimate of drug-likeness (QED) is 0.598. The fraction of sp³-hybridized carbons (Fsp3) is 0.105. The summed E-state index contributed by atoms with van der Waals surface area (Å²) in [5, 5.41) is 13.6. The van der Waals surface area contributed by atoms with Crippen molar-refractivity contribution in [2.75, 3.05) is 5.32 Å². The molecule has 2 aromatic carbocycles. The van der Waals surface area contributed by atoms with Crippen molar-refractivity contribution in [3.8, 4) is 0 Å². The average Bonchev–Trinajstić information content (AvgIpc) is 3.23. The summed E-state index contributed by atoms with van der Waals surface area (Å²) in [6.45, 7) is 0.251. The number of benzene rings is 2. The van der Waals surface area contributed by atoms with Gasteiger partial charge >= 0.3 is 0 Å². The Balaban J connectivity index is 1.41. The minimum Gasteiger partial charge on any atom is -0.338 e. The zero-order valence-electron chi connectivity index (χ0n) is 13.4. The summed E-state index contributed by atoms with van der Waals surface area (Å²) in [7, 11) is 0. The molecule has 0 spiro atoms. The molecular weight excluding hydrogens is 332 g/mol. The lowest BCUT2D eigenvalue weighted by molar-refractivity contribution is -0.116. The summed E-state index contributed by atoms with van der Waals surface area (Å²) >= 11 is 1.41. The second-order valence-corrected chi connectivity index (χ2v) is 6.78. The molecule has 0 saturated heterocycles. The standard InChI is InChI=1S/C19H16N4OS/c24-17(13-23-11-10-15-8-4-5-9-16(15)23)20-19-22-21-18(25-19)12-14-6-2-1-3-7-14/h1-11H,12-13H2,(H,20,22,24). The first-order valence-electron chi connectivity index (χ1n) is 7.98. The van der Waals surface area contributed by atoms with Gasteiger partial charge in [0.05, 0.1) is 0 Å². The Bertz CT molecular complexity index is 1010. The number of nitrogens with zero attached hydrogens (tertiary/aromatic N) is 3. The highest BCUT2D eigenvalue weighted by Crippen LogP contribution is 2.19. The van der Waals surface area contributed by atoms with Gasteiger partial charge in [0.2, 0.25) is 11.0 Å². The van der Waals surface area contributed by atoms with Crippen molar-refractivity contribution in [2.24, 2.45) is 0 Å². The van der Waals surface area contributed by atoms with Crippen LogP contribution in [0.4, 0.5) is 5.13 Å². The Labute approximate surface area is 149 Å². The number of carbonyl (C=O) groups excluding carboxylic acids is 1. The molecule has 0 aliphatic carbocycles. The van der Waals surface area contributed by atoms with Crippen molar-refractivity contribution in [2.45, 2.75) is 13.0 Å². The third-order valence-electron chi connectivity index (χ3n) is 3.91. The molecule has 0 radical (unpaired) electrons. The number of hydrogen-bond acceptors (Lipinski definition) is 4. The van der Waals surface area contributed by atoms with Crippen molar-refractivity contribution in [3.05, 3.63) is 77.4 Å². The zero-order chi connectivity index (χ0) is 17.1. The Morgan fingerprint density at radius 1 is 1.00 bits per heavy atom. The average molecular weight is 348 g/mol. The van der Waals surface area contributed by atoms with Gasteiger partial charge in [-0.1, -0.05) is 59.9 Å². The number of rotatable bonds is 5. The number of carbonyl (C=O) groups is 1. The summed E-state index contributed by atoms with van der Waals surface area (Å²) in [6, 6.07) is 20.1. The Morgan fingerprint density at radius 2 is 1.80 bits per heavy atom. The molecule has 0 saturated carbocycles. The molecular formula is C19H16N4OS. The third kappa shape index (κ3) is 3.59. The second kappa shape index (κ2) is 6.86. The number of aromatic nitrogens is 3. The monoisotopic (exact) mass is 348 g/mol. The van der Waals surface area contributed by atoms with Crippen LogP contribution in [0.15, 0.2) is 66.9 Å². The molecule has 0 atom stereocenters. The molecule has 0 aliphatic rings. The molecule has 6 heteroatoms. The van der Waals surface area contributed by atoms with Crippen LogP contribution in [0.1, 0.15) is 10.6 Å². The molecule has 4 rings (SSSR count). The lowest BCUT2D eigenvalue weighted by Crippen LogP contribution is -2.18. The first kappa shape index (κ1) is 15.5. The first-order chi connectivity index (χ1) is 12.3. The topological polar surface area (TPSA) is 59.8 Å². The van der Waals surface area contributed by atoms with E-state index in [-0.39, 0.29) is 12.5 Å². The van der Waals surface area contributed by atoms with E-state index in [9.17, 15) is 4.79 Å². The predicted octanol–water partition coefficient (Wildman–Crippen LogP) is 3.72. The van der Waals surface area contributed by atoms with Crippen LogP contribution in [0.3, 0.4) is 0 Å². The van der Waals surface area contributed by atoms with E-state index in [1.165, 1.54) is 16.9 Å². The lowest BCUT2D eigenvalue weighted by Gasteiger charge is -2.04. The smallest absolute Gasteiger partial charge is 0.246 e. The van der Waals surface area contributed by atoms with Gasteiger partial charge in [-0.05, 0) is 23.1 Å². The van der Waals surface area contributed by atoms with Crippen molar-refractivity contribution in [3.63, 3.8) is 0 Å². The summed E-state index contributed by atoms with van der Waals surface area (Å²) in [5.41, 5.74) is 2.22. The van der Waals surface area contributed by atoms with Crippen molar-refractivity contribution >= 4 is 33.3 Å². The van der Waals surface area contributed by atoms with E-state index < -0.39 is 0 Å². The molecule has 0 fully saturated rings. The lowest BCUT2D eigenvalue weighted by atomic mass is 10.2. The number of nitrogens with one attached hydrogen (secondary N) is 1. The Kier molecular flexibility index (Phi) is 4.26. The van der Waals surface area contributed by atoms with Gasteiger partial charge in [-0.15, -0.1) is 10.2 Å². The van der Waals surface area contributed by atoms with Crippen LogP contribution in [0.2, 0.25) is 0 Å². The van der Waals surface area contributed by atoms with Crippen LogP contribution in [-0.2, 0) is 17.8 Å². The largest absolute Gasteiger partial charge is 0.338 e. The van der Waals surface area contributed by atoms with Gasteiger partial charge in [0.1, 0.15) is 11.6 Å². The molecule has 4 aromatic rings. The third-order valence-corrected chi connectivity index (χ3v) is 4.74. The molecule has 0 bridgehead atoms. The maximum atomic E-state index is 12.3.